The second-order valence-electron chi connectivity index (χ2n) is 3.79. The summed E-state index contributed by atoms with van der Waals surface area (Å²) in [5, 5.41) is 17.7. The number of benzene rings is 2. The van der Waals surface area contributed by atoms with Gasteiger partial charge in [-0.2, -0.15) is 0 Å². The molecule has 2 aromatic carbocycles. The molecule has 3 rings (SSSR count). The molecule has 0 spiro atoms. The van der Waals surface area contributed by atoms with Crippen LogP contribution in [0.5, 0.6) is 0 Å². The molecule has 0 N–H and O–H groups in total. The van der Waals surface area contributed by atoms with E-state index in [-0.39, 0.29) is 0 Å². The Bertz CT molecular complexity index is 677. The van der Waals surface area contributed by atoms with Crippen molar-refractivity contribution < 1.29 is 0 Å². The Morgan fingerprint density at radius 1 is 0.737 bits per heavy atom. The summed E-state index contributed by atoms with van der Waals surface area (Å²) in [6.45, 7) is 0. The molecular weight excluding hydrogens is 256 g/mol. The smallest absolute Gasteiger partial charge is 0.148 e. The van der Waals surface area contributed by atoms with Crippen LogP contribution in [0.4, 0.5) is 10.8 Å². The summed E-state index contributed by atoms with van der Waals surface area (Å²) in [6, 6.07) is 19.5. The van der Waals surface area contributed by atoms with Crippen LogP contribution in [0.3, 0.4) is 0 Å². The van der Waals surface area contributed by atoms with Gasteiger partial charge >= 0.3 is 0 Å². The maximum atomic E-state index is 4.12. The van der Waals surface area contributed by atoms with E-state index in [2.05, 4.69) is 20.4 Å². The predicted molar refractivity (Wildman–Crippen MR) is 76.0 cm³/mol. The third kappa shape index (κ3) is 2.89. The van der Waals surface area contributed by atoms with Crippen LogP contribution >= 0.6 is 11.3 Å². The van der Waals surface area contributed by atoms with Crippen LogP contribution in [0, 0.1) is 0 Å². The maximum Gasteiger partial charge on any atom is 0.252 e. The van der Waals surface area contributed by atoms with Crippen LogP contribution in [0.1, 0.15) is 0 Å². The van der Waals surface area contributed by atoms with E-state index in [0.717, 1.165) is 16.3 Å². The number of azo groups is 1. The predicted octanol–water partition coefficient (Wildman–Crippen LogP) is 4.62. The number of rotatable bonds is 3. The van der Waals surface area contributed by atoms with Crippen molar-refractivity contribution in [2.45, 2.75) is 0 Å². The lowest BCUT2D eigenvalue weighted by atomic mass is 10.2. The maximum absolute atomic E-state index is 4.12. The normalized spacial score (nSPS) is 10.9. The molecule has 0 aliphatic heterocycles. The van der Waals surface area contributed by atoms with E-state index >= 15 is 0 Å². The van der Waals surface area contributed by atoms with Gasteiger partial charge in [-0.15, -0.1) is 20.4 Å². The number of nitrogens with zero attached hydrogens (tertiary/aromatic N) is 4. The van der Waals surface area contributed by atoms with Crippen LogP contribution in [-0.4, -0.2) is 10.2 Å². The van der Waals surface area contributed by atoms with Gasteiger partial charge in [-0.25, -0.2) is 0 Å². The van der Waals surface area contributed by atoms with E-state index in [9.17, 15) is 0 Å². The van der Waals surface area contributed by atoms with Gasteiger partial charge < -0.3 is 0 Å². The van der Waals surface area contributed by atoms with E-state index in [1.807, 2.05) is 60.7 Å². The molecule has 0 aliphatic carbocycles. The second kappa shape index (κ2) is 5.49. The van der Waals surface area contributed by atoms with Crippen molar-refractivity contribution in [1.82, 2.24) is 10.2 Å². The summed E-state index contributed by atoms with van der Waals surface area (Å²) in [7, 11) is 0. The fourth-order valence-electron chi connectivity index (χ4n) is 1.55. The summed E-state index contributed by atoms with van der Waals surface area (Å²) >= 11 is 1.42. The standard InChI is InChI=1S/C14H10N4S/c1-3-7-11(8-4-1)13-16-18-14(19-13)17-15-12-9-5-2-6-10-12/h1-10H. The van der Waals surface area contributed by atoms with Crippen molar-refractivity contribution in [1.29, 1.82) is 0 Å². The quantitative estimate of drug-likeness (QED) is 0.649. The molecule has 0 saturated heterocycles. The van der Waals surface area contributed by atoms with E-state index < -0.39 is 0 Å². The van der Waals surface area contributed by atoms with Crippen molar-refractivity contribution in [2.24, 2.45) is 10.2 Å². The van der Waals surface area contributed by atoms with Gasteiger partial charge in [0.05, 0.1) is 5.69 Å². The zero-order valence-electron chi connectivity index (χ0n) is 9.97. The number of hydrogen-bond acceptors (Lipinski definition) is 5. The van der Waals surface area contributed by atoms with Crippen molar-refractivity contribution in [3.8, 4) is 10.6 Å². The summed E-state index contributed by atoms with van der Waals surface area (Å²) in [6.07, 6.45) is 0. The Morgan fingerprint density at radius 3 is 2.16 bits per heavy atom. The third-order valence-electron chi connectivity index (χ3n) is 2.44. The molecule has 1 heterocycles. The fraction of sp³-hybridized carbons (Fsp3) is 0. The van der Waals surface area contributed by atoms with Gasteiger partial charge in [-0.3, -0.25) is 0 Å². The summed E-state index contributed by atoms with van der Waals surface area (Å²) < 4.78 is 0. The Morgan fingerprint density at radius 2 is 1.42 bits per heavy atom. The van der Waals surface area contributed by atoms with E-state index in [1.54, 1.807) is 0 Å². The Hall–Kier alpha value is -2.40. The van der Waals surface area contributed by atoms with Gasteiger partial charge in [0.1, 0.15) is 5.01 Å². The van der Waals surface area contributed by atoms with Crippen LogP contribution < -0.4 is 0 Å². The summed E-state index contributed by atoms with van der Waals surface area (Å²) in [5.41, 5.74) is 1.85. The highest BCUT2D eigenvalue weighted by Crippen LogP contribution is 2.28. The SMILES string of the molecule is c1ccc(N=Nc2nnc(-c3ccccc3)s2)cc1. The Balaban J connectivity index is 1.81. The zero-order valence-corrected chi connectivity index (χ0v) is 10.8. The van der Waals surface area contributed by atoms with Crippen molar-refractivity contribution in [3.05, 3.63) is 60.7 Å². The third-order valence-corrected chi connectivity index (χ3v) is 3.30. The summed E-state index contributed by atoms with van der Waals surface area (Å²) in [4.78, 5) is 0. The highest BCUT2D eigenvalue weighted by atomic mass is 32.1. The monoisotopic (exact) mass is 266 g/mol. The summed E-state index contributed by atoms with van der Waals surface area (Å²) in [5.74, 6) is 0. The second-order valence-corrected chi connectivity index (χ2v) is 4.75. The topological polar surface area (TPSA) is 50.5 Å². The minimum atomic E-state index is 0.558. The van der Waals surface area contributed by atoms with Gasteiger partial charge in [-0.1, -0.05) is 59.9 Å². The molecule has 0 aliphatic rings. The molecule has 4 nitrogen and oxygen atoms in total. The molecular formula is C14H10N4S. The molecule has 0 saturated carbocycles. The minimum absolute atomic E-state index is 0.558. The van der Waals surface area contributed by atoms with Gasteiger partial charge in [0.25, 0.3) is 5.13 Å². The van der Waals surface area contributed by atoms with Gasteiger partial charge in [0.2, 0.25) is 0 Å². The van der Waals surface area contributed by atoms with Crippen molar-refractivity contribution in [3.63, 3.8) is 0 Å². The Kier molecular flexibility index (Phi) is 3.38. The molecule has 92 valence electrons. The molecule has 0 amide bonds. The van der Waals surface area contributed by atoms with Crippen LogP contribution in [0.15, 0.2) is 70.9 Å². The average Bonchev–Trinajstić information content (AvgIpc) is 2.96. The van der Waals surface area contributed by atoms with Crippen molar-refractivity contribution >= 4 is 22.2 Å². The van der Waals surface area contributed by atoms with Crippen LogP contribution in [-0.2, 0) is 0 Å². The van der Waals surface area contributed by atoms with Gasteiger partial charge in [0, 0.05) is 5.56 Å². The minimum Gasteiger partial charge on any atom is -0.148 e. The molecule has 0 unspecified atom stereocenters. The number of hydrogen-bond donors (Lipinski definition) is 0. The molecule has 3 aromatic rings. The molecule has 19 heavy (non-hydrogen) atoms. The lowest BCUT2D eigenvalue weighted by molar-refractivity contribution is 1.06. The first-order valence-electron chi connectivity index (χ1n) is 5.77. The molecule has 0 atom stereocenters. The number of aromatic nitrogens is 2. The molecule has 0 fully saturated rings. The first-order chi connectivity index (χ1) is 9.42. The fourth-order valence-corrected chi connectivity index (χ4v) is 2.22. The highest BCUT2D eigenvalue weighted by molar-refractivity contribution is 7.18. The van der Waals surface area contributed by atoms with E-state index in [0.29, 0.717) is 5.13 Å². The van der Waals surface area contributed by atoms with E-state index in [1.165, 1.54) is 11.3 Å². The first-order valence-corrected chi connectivity index (χ1v) is 6.59. The average molecular weight is 266 g/mol. The largest absolute Gasteiger partial charge is 0.252 e. The Labute approximate surface area is 114 Å². The molecule has 5 heteroatoms. The lowest BCUT2D eigenvalue weighted by Crippen LogP contribution is -1.74. The van der Waals surface area contributed by atoms with Gasteiger partial charge in [-0.05, 0) is 12.1 Å². The molecule has 1 aromatic heterocycles. The van der Waals surface area contributed by atoms with E-state index in [4.69, 9.17) is 0 Å². The molecule has 0 bridgehead atoms. The van der Waals surface area contributed by atoms with Crippen LogP contribution in [0.25, 0.3) is 10.6 Å². The lowest BCUT2D eigenvalue weighted by Gasteiger charge is -1.91. The van der Waals surface area contributed by atoms with Crippen LogP contribution in [0.2, 0.25) is 0 Å². The van der Waals surface area contributed by atoms with Crippen molar-refractivity contribution in [2.75, 3.05) is 0 Å². The molecule has 0 radical (unpaired) electrons. The highest BCUT2D eigenvalue weighted by Gasteiger charge is 2.04. The first kappa shape index (κ1) is 11.7. The zero-order chi connectivity index (χ0) is 12.9. The van der Waals surface area contributed by atoms with Gasteiger partial charge in [0.15, 0.2) is 0 Å².